The van der Waals surface area contributed by atoms with E-state index in [1.165, 1.54) is 0 Å². The molecule has 3 N–H and O–H groups in total. The number of rotatable bonds is 9. The van der Waals surface area contributed by atoms with E-state index in [0.29, 0.717) is 24.5 Å². The molecule has 0 atom stereocenters. The van der Waals surface area contributed by atoms with Gasteiger partial charge in [-0.25, -0.2) is 0 Å². The molecule has 23 heavy (non-hydrogen) atoms. The second kappa shape index (κ2) is 8.68. The Kier molecular flexibility index (Phi) is 6.29. The molecule has 2 aromatic rings. The number of nitrogens with two attached hydrogens (primary N) is 1. The van der Waals surface area contributed by atoms with Crippen molar-refractivity contribution < 1.29 is 14.2 Å². The van der Waals surface area contributed by atoms with Crippen molar-refractivity contribution in [3.63, 3.8) is 0 Å². The first-order chi connectivity index (χ1) is 11.2. The summed E-state index contributed by atoms with van der Waals surface area (Å²) in [5.41, 5.74) is 6.15. The molecule has 5 nitrogen and oxygen atoms in total. The summed E-state index contributed by atoms with van der Waals surface area (Å²) in [6, 6.07) is 14.9. The molecule has 0 radical (unpaired) electrons. The fourth-order valence-electron chi connectivity index (χ4n) is 2.12. The van der Waals surface area contributed by atoms with Crippen LogP contribution in [0.4, 0.5) is 0 Å². The third-order valence-electron chi connectivity index (χ3n) is 3.30. The van der Waals surface area contributed by atoms with E-state index >= 15 is 0 Å². The van der Waals surface area contributed by atoms with Crippen molar-refractivity contribution in [2.75, 3.05) is 20.3 Å². The third-order valence-corrected chi connectivity index (χ3v) is 3.30. The van der Waals surface area contributed by atoms with Gasteiger partial charge in [0.05, 0.1) is 25.9 Å². The zero-order valence-corrected chi connectivity index (χ0v) is 13.2. The molecule has 0 bridgehead atoms. The lowest BCUT2D eigenvalue weighted by Crippen LogP contribution is -2.13. The van der Waals surface area contributed by atoms with E-state index in [9.17, 15) is 0 Å². The molecule has 2 aromatic carbocycles. The molecular weight excluding hydrogens is 292 g/mol. The minimum absolute atomic E-state index is 0.0140. The molecule has 0 saturated carbocycles. The quantitative estimate of drug-likeness (QED) is 0.423. The number of ether oxygens (including phenoxy) is 3. The van der Waals surface area contributed by atoms with Crippen LogP contribution >= 0.6 is 0 Å². The smallest absolute Gasteiger partial charge is 0.161 e. The number of nitrogens with one attached hydrogen (secondary N) is 1. The van der Waals surface area contributed by atoms with Gasteiger partial charge in [0.1, 0.15) is 11.6 Å². The minimum Gasteiger partial charge on any atom is -0.493 e. The van der Waals surface area contributed by atoms with E-state index in [1.54, 1.807) is 13.2 Å². The highest BCUT2D eigenvalue weighted by Crippen LogP contribution is 2.25. The summed E-state index contributed by atoms with van der Waals surface area (Å²) in [6.45, 7) is 1.15. The van der Waals surface area contributed by atoms with Gasteiger partial charge in [0.25, 0.3) is 0 Å². The number of amidine groups is 1. The van der Waals surface area contributed by atoms with Crippen LogP contribution in [-0.4, -0.2) is 26.2 Å². The van der Waals surface area contributed by atoms with Gasteiger partial charge in [-0.1, -0.05) is 24.3 Å². The lowest BCUT2D eigenvalue weighted by molar-refractivity contribution is 0.258. The Balaban J connectivity index is 1.71. The van der Waals surface area contributed by atoms with Crippen molar-refractivity contribution in [2.24, 2.45) is 5.73 Å². The Morgan fingerprint density at radius 1 is 0.870 bits per heavy atom. The number of benzene rings is 2. The van der Waals surface area contributed by atoms with Gasteiger partial charge in [0, 0.05) is 0 Å². The van der Waals surface area contributed by atoms with Gasteiger partial charge in [0.15, 0.2) is 11.5 Å². The Bertz CT molecular complexity index is 644. The van der Waals surface area contributed by atoms with Gasteiger partial charge in [0.2, 0.25) is 0 Å². The first-order valence-electron chi connectivity index (χ1n) is 7.54. The zero-order chi connectivity index (χ0) is 16.5. The van der Waals surface area contributed by atoms with Crippen LogP contribution in [0.5, 0.6) is 17.2 Å². The van der Waals surface area contributed by atoms with E-state index in [0.717, 1.165) is 24.3 Å². The van der Waals surface area contributed by atoms with Crippen molar-refractivity contribution in [3.8, 4) is 17.2 Å². The topological polar surface area (TPSA) is 77.6 Å². The van der Waals surface area contributed by atoms with Crippen molar-refractivity contribution in [3.05, 3.63) is 54.1 Å². The van der Waals surface area contributed by atoms with Crippen LogP contribution in [0.15, 0.2) is 48.5 Å². The molecule has 0 aromatic heterocycles. The summed E-state index contributed by atoms with van der Waals surface area (Å²) in [6.07, 6.45) is 1.71. The van der Waals surface area contributed by atoms with Gasteiger partial charge in [-0.05, 0) is 37.1 Å². The summed E-state index contributed by atoms with van der Waals surface area (Å²) < 4.78 is 16.6. The van der Waals surface area contributed by atoms with Gasteiger partial charge in [-0.15, -0.1) is 0 Å². The molecule has 0 unspecified atom stereocenters. The highest BCUT2D eigenvalue weighted by atomic mass is 16.5. The molecule has 0 aliphatic carbocycles. The number of hydrogen-bond donors (Lipinski definition) is 2. The first kappa shape index (κ1) is 16.7. The third kappa shape index (κ3) is 4.92. The summed E-state index contributed by atoms with van der Waals surface area (Å²) in [5.74, 6) is 2.14. The highest BCUT2D eigenvalue weighted by molar-refractivity contribution is 5.97. The van der Waals surface area contributed by atoms with Gasteiger partial charge in [-0.3, -0.25) is 5.41 Å². The lowest BCUT2D eigenvalue weighted by atomic mass is 10.2. The monoisotopic (exact) mass is 314 g/mol. The zero-order valence-electron chi connectivity index (χ0n) is 13.2. The Labute approximate surface area is 136 Å². The number of unbranched alkanes of at least 4 members (excludes halogenated alkanes) is 1. The van der Waals surface area contributed by atoms with Crippen LogP contribution in [-0.2, 0) is 0 Å². The standard InChI is InChI=1S/C18H22N2O3/c1-21-16-10-4-5-11-17(16)23-13-7-6-12-22-15-9-3-2-8-14(15)18(19)20/h2-5,8-11H,6-7,12-13H2,1H3,(H3,19,20). The van der Waals surface area contributed by atoms with Crippen molar-refractivity contribution in [1.29, 1.82) is 5.41 Å². The predicted octanol–water partition coefficient (Wildman–Crippen LogP) is 3.22. The largest absolute Gasteiger partial charge is 0.493 e. The maximum absolute atomic E-state index is 7.52. The van der Waals surface area contributed by atoms with Crippen molar-refractivity contribution >= 4 is 5.84 Å². The first-order valence-corrected chi connectivity index (χ1v) is 7.54. The van der Waals surface area contributed by atoms with E-state index < -0.39 is 0 Å². The Morgan fingerprint density at radius 2 is 1.39 bits per heavy atom. The van der Waals surface area contributed by atoms with Crippen LogP contribution in [0.25, 0.3) is 0 Å². The molecule has 0 saturated heterocycles. The average molecular weight is 314 g/mol. The number of methoxy groups -OCH3 is 1. The summed E-state index contributed by atoms with van der Waals surface area (Å²) in [4.78, 5) is 0. The van der Waals surface area contributed by atoms with Crippen LogP contribution in [0.3, 0.4) is 0 Å². The Hall–Kier alpha value is -2.69. The molecule has 0 spiro atoms. The number of nitrogen functional groups attached to an aromatic ring is 1. The molecule has 0 heterocycles. The maximum atomic E-state index is 7.52. The second-order valence-corrected chi connectivity index (χ2v) is 4.96. The molecule has 2 rings (SSSR count). The van der Waals surface area contributed by atoms with Gasteiger partial charge in [-0.2, -0.15) is 0 Å². The Morgan fingerprint density at radius 3 is 2.00 bits per heavy atom. The van der Waals surface area contributed by atoms with Crippen LogP contribution in [0.2, 0.25) is 0 Å². The van der Waals surface area contributed by atoms with E-state index in [4.69, 9.17) is 25.4 Å². The lowest BCUT2D eigenvalue weighted by Gasteiger charge is -2.11. The fourth-order valence-corrected chi connectivity index (χ4v) is 2.12. The summed E-state index contributed by atoms with van der Waals surface area (Å²) in [7, 11) is 1.63. The molecule has 0 amide bonds. The summed E-state index contributed by atoms with van der Waals surface area (Å²) >= 11 is 0. The van der Waals surface area contributed by atoms with Crippen LogP contribution in [0, 0.1) is 5.41 Å². The average Bonchev–Trinajstić information content (AvgIpc) is 2.58. The van der Waals surface area contributed by atoms with Crippen LogP contribution in [0.1, 0.15) is 18.4 Å². The number of hydrogen-bond acceptors (Lipinski definition) is 4. The molecule has 0 aliphatic rings. The molecule has 0 aliphatic heterocycles. The molecule has 5 heteroatoms. The molecule has 0 fully saturated rings. The summed E-state index contributed by atoms with van der Waals surface area (Å²) in [5, 5.41) is 7.52. The minimum atomic E-state index is 0.0140. The van der Waals surface area contributed by atoms with Crippen molar-refractivity contribution in [2.45, 2.75) is 12.8 Å². The second-order valence-electron chi connectivity index (χ2n) is 4.96. The maximum Gasteiger partial charge on any atom is 0.161 e. The van der Waals surface area contributed by atoms with Gasteiger partial charge < -0.3 is 19.9 Å². The normalized spacial score (nSPS) is 10.1. The predicted molar refractivity (Wildman–Crippen MR) is 90.7 cm³/mol. The number of para-hydroxylation sites is 3. The van der Waals surface area contributed by atoms with Crippen molar-refractivity contribution in [1.82, 2.24) is 0 Å². The SMILES string of the molecule is COc1ccccc1OCCCCOc1ccccc1C(=N)N. The van der Waals surface area contributed by atoms with E-state index in [-0.39, 0.29) is 5.84 Å². The molecule has 122 valence electrons. The van der Waals surface area contributed by atoms with E-state index in [1.807, 2.05) is 42.5 Å². The van der Waals surface area contributed by atoms with Crippen LogP contribution < -0.4 is 19.9 Å². The fraction of sp³-hybridized carbons (Fsp3) is 0.278. The highest BCUT2D eigenvalue weighted by Gasteiger charge is 2.05. The van der Waals surface area contributed by atoms with Gasteiger partial charge >= 0.3 is 0 Å². The molecular formula is C18H22N2O3. The van der Waals surface area contributed by atoms with E-state index in [2.05, 4.69) is 0 Å².